The molecular formula is C14H24N4O2S. The summed E-state index contributed by atoms with van der Waals surface area (Å²) in [5, 5.41) is 12.9. The molecule has 118 valence electrons. The van der Waals surface area contributed by atoms with Crippen LogP contribution in [-0.2, 0) is 21.5 Å². The summed E-state index contributed by atoms with van der Waals surface area (Å²) in [4.78, 5) is 12.1. The number of amides is 1. The van der Waals surface area contributed by atoms with Gasteiger partial charge in [0.2, 0.25) is 5.91 Å². The van der Waals surface area contributed by atoms with E-state index in [1.54, 1.807) is 0 Å². The minimum absolute atomic E-state index is 0.0155. The molecule has 0 saturated carbocycles. The van der Waals surface area contributed by atoms with Crippen LogP contribution in [0.2, 0.25) is 0 Å². The van der Waals surface area contributed by atoms with Gasteiger partial charge in [-0.3, -0.25) is 4.79 Å². The zero-order chi connectivity index (χ0) is 15.5. The van der Waals surface area contributed by atoms with Crippen molar-refractivity contribution >= 4 is 17.2 Å². The second-order valence-electron chi connectivity index (χ2n) is 6.44. The van der Waals surface area contributed by atoms with E-state index in [2.05, 4.69) is 36.3 Å². The van der Waals surface area contributed by atoms with Crippen LogP contribution in [0.1, 0.15) is 43.6 Å². The molecule has 21 heavy (non-hydrogen) atoms. The largest absolute Gasteiger partial charge is 0.381 e. The number of carbonyl (C=O) groups excluding carboxylic acids is 1. The molecule has 0 spiro atoms. The fraction of sp³-hybridized carbons (Fsp3) is 0.786. The Balaban J connectivity index is 1.84. The van der Waals surface area contributed by atoms with Gasteiger partial charge in [-0.05, 0) is 18.8 Å². The van der Waals surface area contributed by atoms with E-state index in [0.29, 0.717) is 19.8 Å². The van der Waals surface area contributed by atoms with Crippen LogP contribution < -0.4 is 11.1 Å². The molecular weight excluding hydrogens is 288 g/mol. The third-order valence-electron chi connectivity index (χ3n) is 3.60. The van der Waals surface area contributed by atoms with Crippen LogP contribution in [0.25, 0.3) is 0 Å². The normalized spacial score (nSPS) is 18.5. The lowest BCUT2D eigenvalue weighted by Gasteiger charge is -2.26. The Kier molecular flexibility index (Phi) is 5.29. The summed E-state index contributed by atoms with van der Waals surface area (Å²) in [6, 6.07) is -0.469. The minimum Gasteiger partial charge on any atom is -0.381 e. The van der Waals surface area contributed by atoms with Gasteiger partial charge in [0.1, 0.15) is 10.0 Å². The predicted octanol–water partition coefficient (Wildman–Crippen LogP) is 1.21. The number of ether oxygens (including phenoxy) is 1. The van der Waals surface area contributed by atoms with E-state index < -0.39 is 6.04 Å². The van der Waals surface area contributed by atoms with Crippen molar-refractivity contribution in [2.75, 3.05) is 13.2 Å². The first-order valence-corrected chi connectivity index (χ1v) is 8.13. The van der Waals surface area contributed by atoms with Crippen LogP contribution in [-0.4, -0.2) is 35.4 Å². The summed E-state index contributed by atoms with van der Waals surface area (Å²) in [5.74, 6) is 0.0905. The quantitative estimate of drug-likeness (QED) is 0.872. The number of nitrogens with one attached hydrogen (secondary N) is 1. The Labute approximate surface area is 129 Å². The maximum absolute atomic E-state index is 12.1. The SMILES string of the molecule is CC(C)(C)c1nnc(CNC(=O)C(N)C2CCOCC2)s1. The van der Waals surface area contributed by atoms with Crippen molar-refractivity contribution < 1.29 is 9.53 Å². The molecule has 1 aliphatic heterocycles. The average Bonchev–Trinajstić information content (AvgIpc) is 2.94. The fourth-order valence-corrected chi connectivity index (χ4v) is 3.03. The number of carbonyl (C=O) groups is 1. The summed E-state index contributed by atoms with van der Waals surface area (Å²) in [7, 11) is 0. The lowest BCUT2D eigenvalue weighted by Crippen LogP contribution is -2.46. The van der Waals surface area contributed by atoms with Gasteiger partial charge in [0.05, 0.1) is 12.6 Å². The van der Waals surface area contributed by atoms with Gasteiger partial charge < -0.3 is 15.8 Å². The molecule has 0 radical (unpaired) electrons. The maximum atomic E-state index is 12.1. The second-order valence-corrected chi connectivity index (χ2v) is 7.51. The van der Waals surface area contributed by atoms with E-state index >= 15 is 0 Å². The van der Waals surface area contributed by atoms with Crippen molar-refractivity contribution in [2.24, 2.45) is 11.7 Å². The Morgan fingerprint density at radius 2 is 2.10 bits per heavy atom. The van der Waals surface area contributed by atoms with Gasteiger partial charge >= 0.3 is 0 Å². The number of rotatable bonds is 4. The topological polar surface area (TPSA) is 90.1 Å². The van der Waals surface area contributed by atoms with Crippen LogP contribution in [0.5, 0.6) is 0 Å². The number of aromatic nitrogens is 2. The smallest absolute Gasteiger partial charge is 0.237 e. The summed E-state index contributed by atoms with van der Waals surface area (Å²) in [6.45, 7) is 8.06. The molecule has 6 nitrogen and oxygen atoms in total. The van der Waals surface area contributed by atoms with Gasteiger partial charge in [-0.15, -0.1) is 10.2 Å². The first kappa shape index (κ1) is 16.3. The van der Waals surface area contributed by atoms with Gasteiger partial charge in [-0.25, -0.2) is 0 Å². The highest BCUT2D eigenvalue weighted by Gasteiger charge is 2.26. The fourth-order valence-electron chi connectivity index (χ4n) is 2.20. The number of nitrogens with zero attached hydrogens (tertiary/aromatic N) is 2. The maximum Gasteiger partial charge on any atom is 0.237 e. The summed E-state index contributed by atoms with van der Waals surface area (Å²) < 4.78 is 5.29. The van der Waals surface area contributed by atoms with Crippen LogP contribution in [0.3, 0.4) is 0 Å². The summed E-state index contributed by atoms with van der Waals surface area (Å²) in [6.07, 6.45) is 1.70. The van der Waals surface area contributed by atoms with Gasteiger partial charge in [0, 0.05) is 18.6 Å². The number of hydrogen-bond acceptors (Lipinski definition) is 6. The Morgan fingerprint density at radius 3 is 2.67 bits per heavy atom. The first-order valence-electron chi connectivity index (χ1n) is 7.32. The second kappa shape index (κ2) is 6.81. The molecule has 2 rings (SSSR count). The van der Waals surface area contributed by atoms with Gasteiger partial charge in [0.25, 0.3) is 0 Å². The van der Waals surface area contributed by atoms with Gasteiger partial charge in [-0.1, -0.05) is 32.1 Å². The van der Waals surface area contributed by atoms with Crippen molar-refractivity contribution in [3.8, 4) is 0 Å². The van der Waals surface area contributed by atoms with E-state index in [4.69, 9.17) is 10.5 Å². The predicted molar refractivity (Wildman–Crippen MR) is 82.0 cm³/mol. The molecule has 1 aromatic rings. The number of nitrogens with two attached hydrogens (primary N) is 1. The molecule has 1 saturated heterocycles. The molecule has 1 aliphatic rings. The van der Waals surface area contributed by atoms with E-state index in [-0.39, 0.29) is 17.2 Å². The molecule has 1 atom stereocenters. The Morgan fingerprint density at radius 1 is 1.43 bits per heavy atom. The zero-order valence-electron chi connectivity index (χ0n) is 12.9. The van der Waals surface area contributed by atoms with Crippen LogP contribution in [0, 0.1) is 5.92 Å². The molecule has 0 aromatic carbocycles. The van der Waals surface area contributed by atoms with E-state index in [1.807, 2.05) is 0 Å². The van der Waals surface area contributed by atoms with Gasteiger partial charge in [0.15, 0.2) is 0 Å². The Hall–Kier alpha value is -1.05. The first-order chi connectivity index (χ1) is 9.88. The van der Waals surface area contributed by atoms with Crippen molar-refractivity contribution in [3.63, 3.8) is 0 Å². The summed E-state index contributed by atoms with van der Waals surface area (Å²) >= 11 is 1.53. The molecule has 0 aliphatic carbocycles. The lowest BCUT2D eigenvalue weighted by atomic mass is 9.92. The third-order valence-corrected chi connectivity index (χ3v) is 4.95. The molecule has 7 heteroatoms. The standard InChI is InChI=1S/C14H24N4O2S/c1-14(2,3)13-18-17-10(21-13)8-16-12(19)11(15)9-4-6-20-7-5-9/h9,11H,4-8,15H2,1-3H3,(H,16,19). The van der Waals surface area contributed by atoms with Crippen molar-refractivity contribution in [1.29, 1.82) is 0 Å². The average molecular weight is 312 g/mol. The van der Waals surface area contributed by atoms with Crippen LogP contribution >= 0.6 is 11.3 Å². The van der Waals surface area contributed by atoms with Crippen molar-refractivity contribution in [1.82, 2.24) is 15.5 Å². The van der Waals surface area contributed by atoms with E-state index in [1.165, 1.54) is 11.3 Å². The molecule has 1 fully saturated rings. The number of hydrogen-bond donors (Lipinski definition) is 2. The van der Waals surface area contributed by atoms with Crippen molar-refractivity contribution in [3.05, 3.63) is 10.0 Å². The van der Waals surface area contributed by atoms with Crippen LogP contribution in [0.15, 0.2) is 0 Å². The molecule has 1 aromatic heterocycles. The Bertz CT molecular complexity index is 478. The van der Waals surface area contributed by atoms with Crippen LogP contribution in [0.4, 0.5) is 0 Å². The minimum atomic E-state index is -0.469. The zero-order valence-corrected chi connectivity index (χ0v) is 13.7. The highest BCUT2D eigenvalue weighted by Crippen LogP contribution is 2.25. The third kappa shape index (κ3) is 4.46. The molecule has 1 amide bonds. The molecule has 0 bridgehead atoms. The lowest BCUT2D eigenvalue weighted by molar-refractivity contribution is -0.124. The molecule has 1 unspecified atom stereocenters. The highest BCUT2D eigenvalue weighted by molar-refractivity contribution is 7.11. The molecule has 3 N–H and O–H groups in total. The van der Waals surface area contributed by atoms with E-state index in [0.717, 1.165) is 22.9 Å². The summed E-state index contributed by atoms with van der Waals surface area (Å²) in [5.41, 5.74) is 6.01. The van der Waals surface area contributed by atoms with Crippen molar-refractivity contribution in [2.45, 2.75) is 51.6 Å². The highest BCUT2D eigenvalue weighted by atomic mass is 32.1. The van der Waals surface area contributed by atoms with Gasteiger partial charge in [-0.2, -0.15) is 0 Å². The molecule has 2 heterocycles. The van der Waals surface area contributed by atoms with E-state index in [9.17, 15) is 4.79 Å². The monoisotopic (exact) mass is 312 g/mol.